The van der Waals surface area contributed by atoms with E-state index in [9.17, 15) is 14.7 Å². The molecular weight excluding hydrogens is 301 g/mol. The van der Waals surface area contributed by atoms with E-state index in [0.717, 1.165) is 19.3 Å². The number of hydrogen-bond donors (Lipinski definition) is 1. The number of amides is 1. The molecule has 2 rings (SSSR count). The monoisotopic (exact) mass is 315 g/mol. The Hall–Kier alpha value is -1.26. The van der Waals surface area contributed by atoms with Crippen LogP contribution < -0.4 is 0 Å². The fraction of sp³-hybridized carbons (Fsp3) is 0.429. The van der Waals surface area contributed by atoms with Gasteiger partial charge in [0.1, 0.15) is 6.04 Å². The molecule has 1 saturated heterocycles. The molecule has 1 unspecified atom stereocenters. The summed E-state index contributed by atoms with van der Waals surface area (Å²) in [5.41, 5.74) is 0.368. The van der Waals surface area contributed by atoms with Crippen molar-refractivity contribution in [3.05, 3.63) is 33.8 Å². The van der Waals surface area contributed by atoms with Gasteiger partial charge in [-0.1, -0.05) is 36.0 Å². The lowest BCUT2D eigenvalue weighted by Gasteiger charge is -2.27. The molecule has 1 aromatic carbocycles. The number of rotatable bonds is 2. The Labute approximate surface area is 127 Å². The molecule has 0 radical (unpaired) electrons. The second-order valence-electron chi connectivity index (χ2n) is 4.83. The van der Waals surface area contributed by atoms with Crippen LogP contribution in [-0.2, 0) is 4.79 Å². The molecule has 6 heteroatoms. The highest BCUT2D eigenvalue weighted by atomic mass is 35.5. The van der Waals surface area contributed by atoms with Crippen molar-refractivity contribution < 1.29 is 14.7 Å². The van der Waals surface area contributed by atoms with Gasteiger partial charge in [-0.25, -0.2) is 4.79 Å². The van der Waals surface area contributed by atoms with E-state index in [2.05, 4.69) is 0 Å². The number of carbonyl (C=O) groups is 2. The van der Waals surface area contributed by atoms with Crippen molar-refractivity contribution in [3.8, 4) is 0 Å². The molecule has 20 heavy (non-hydrogen) atoms. The summed E-state index contributed by atoms with van der Waals surface area (Å²) in [6.45, 7) is 0.454. The molecule has 0 aromatic heterocycles. The molecule has 1 heterocycles. The van der Waals surface area contributed by atoms with Crippen molar-refractivity contribution in [1.29, 1.82) is 0 Å². The highest BCUT2D eigenvalue weighted by Crippen LogP contribution is 2.25. The summed E-state index contributed by atoms with van der Waals surface area (Å²) in [6.07, 6.45) is 3.07. The molecule has 1 aliphatic rings. The van der Waals surface area contributed by atoms with E-state index in [4.69, 9.17) is 23.2 Å². The zero-order valence-electron chi connectivity index (χ0n) is 10.8. The van der Waals surface area contributed by atoms with Gasteiger partial charge in [0, 0.05) is 12.1 Å². The molecule has 0 spiro atoms. The predicted octanol–water partition coefficient (Wildman–Crippen LogP) is 3.46. The van der Waals surface area contributed by atoms with Gasteiger partial charge < -0.3 is 10.0 Å². The normalized spacial score (nSPS) is 19.5. The number of halogens is 2. The molecule has 0 bridgehead atoms. The molecule has 1 amide bonds. The Morgan fingerprint density at radius 3 is 2.55 bits per heavy atom. The number of carboxylic acid groups (broad SMARTS) is 1. The maximum absolute atomic E-state index is 12.5. The molecule has 1 aliphatic heterocycles. The molecule has 1 aromatic rings. The van der Waals surface area contributed by atoms with Crippen LogP contribution in [0.5, 0.6) is 0 Å². The Morgan fingerprint density at radius 2 is 1.90 bits per heavy atom. The van der Waals surface area contributed by atoms with Gasteiger partial charge in [-0.3, -0.25) is 4.79 Å². The van der Waals surface area contributed by atoms with Gasteiger partial charge in [0.2, 0.25) is 0 Å². The second-order valence-corrected chi connectivity index (χ2v) is 5.65. The number of benzene rings is 1. The standard InChI is InChI=1S/C14H15Cl2NO3/c15-10-6-5-9(8-11(10)16)13(18)17-7-3-1-2-4-12(17)14(19)20/h5-6,8,12H,1-4,7H2,(H,19,20). The minimum Gasteiger partial charge on any atom is -0.480 e. The van der Waals surface area contributed by atoms with Crippen LogP contribution in [0.25, 0.3) is 0 Å². The molecule has 4 nitrogen and oxygen atoms in total. The zero-order valence-corrected chi connectivity index (χ0v) is 12.3. The van der Waals surface area contributed by atoms with Crippen molar-refractivity contribution >= 4 is 35.1 Å². The van der Waals surface area contributed by atoms with Gasteiger partial charge in [0.25, 0.3) is 5.91 Å². The first-order valence-electron chi connectivity index (χ1n) is 6.49. The van der Waals surface area contributed by atoms with Crippen LogP contribution in [0.2, 0.25) is 10.0 Å². The first kappa shape index (κ1) is 15.1. The van der Waals surface area contributed by atoms with Crippen molar-refractivity contribution in [3.63, 3.8) is 0 Å². The Balaban J connectivity index is 2.28. The Bertz CT molecular complexity index is 533. The van der Waals surface area contributed by atoms with E-state index in [1.165, 1.54) is 11.0 Å². The second kappa shape index (κ2) is 6.46. The Morgan fingerprint density at radius 1 is 1.15 bits per heavy atom. The molecule has 0 aliphatic carbocycles. The lowest BCUT2D eigenvalue weighted by molar-refractivity contribution is -0.142. The number of carboxylic acids is 1. The summed E-state index contributed by atoms with van der Waals surface area (Å²) in [4.78, 5) is 25.3. The molecule has 1 atom stereocenters. The molecule has 108 valence electrons. The first-order valence-corrected chi connectivity index (χ1v) is 7.25. The van der Waals surface area contributed by atoms with Gasteiger partial charge in [0.15, 0.2) is 0 Å². The topological polar surface area (TPSA) is 57.6 Å². The molecule has 0 saturated carbocycles. The average molecular weight is 316 g/mol. The molecule has 1 N–H and O–H groups in total. The van der Waals surface area contributed by atoms with Crippen molar-refractivity contribution in [2.45, 2.75) is 31.7 Å². The maximum Gasteiger partial charge on any atom is 0.326 e. The van der Waals surface area contributed by atoms with Crippen LogP contribution in [-0.4, -0.2) is 34.5 Å². The highest BCUT2D eigenvalue weighted by molar-refractivity contribution is 6.42. The van der Waals surface area contributed by atoms with Crippen LogP contribution in [0.3, 0.4) is 0 Å². The lowest BCUT2D eigenvalue weighted by Crippen LogP contribution is -2.44. The van der Waals surface area contributed by atoms with E-state index >= 15 is 0 Å². The van der Waals surface area contributed by atoms with Crippen LogP contribution >= 0.6 is 23.2 Å². The summed E-state index contributed by atoms with van der Waals surface area (Å²) in [5.74, 6) is -1.27. The van der Waals surface area contributed by atoms with E-state index < -0.39 is 12.0 Å². The number of nitrogens with zero attached hydrogens (tertiary/aromatic N) is 1. The molecule has 1 fully saturated rings. The highest BCUT2D eigenvalue weighted by Gasteiger charge is 2.31. The summed E-state index contributed by atoms with van der Waals surface area (Å²) >= 11 is 11.7. The van der Waals surface area contributed by atoms with E-state index in [1.54, 1.807) is 12.1 Å². The number of hydrogen-bond acceptors (Lipinski definition) is 2. The minimum atomic E-state index is -0.958. The van der Waals surface area contributed by atoms with Gasteiger partial charge in [-0.2, -0.15) is 0 Å². The van der Waals surface area contributed by atoms with Crippen LogP contribution in [0.15, 0.2) is 18.2 Å². The van der Waals surface area contributed by atoms with Gasteiger partial charge in [-0.15, -0.1) is 0 Å². The summed E-state index contributed by atoms with van der Waals surface area (Å²) in [6, 6.07) is 3.83. The smallest absolute Gasteiger partial charge is 0.326 e. The lowest BCUT2D eigenvalue weighted by atomic mass is 10.1. The molecular formula is C14H15Cl2NO3. The number of aliphatic carboxylic acids is 1. The average Bonchev–Trinajstić information content (AvgIpc) is 2.66. The third-order valence-electron chi connectivity index (χ3n) is 3.47. The van der Waals surface area contributed by atoms with E-state index in [-0.39, 0.29) is 5.91 Å². The third-order valence-corrected chi connectivity index (χ3v) is 4.20. The van der Waals surface area contributed by atoms with Crippen LogP contribution in [0.4, 0.5) is 0 Å². The summed E-state index contributed by atoms with van der Waals surface area (Å²) < 4.78 is 0. The van der Waals surface area contributed by atoms with Gasteiger partial charge in [0.05, 0.1) is 10.0 Å². The van der Waals surface area contributed by atoms with E-state index in [0.29, 0.717) is 28.6 Å². The number of likely N-dealkylation sites (tertiary alicyclic amines) is 1. The van der Waals surface area contributed by atoms with Crippen LogP contribution in [0, 0.1) is 0 Å². The third kappa shape index (κ3) is 3.25. The fourth-order valence-electron chi connectivity index (χ4n) is 2.40. The zero-order chi connectivity index (χ0) is 14.7. The SMILES string of the molecule is O=C(O)C1CCCCCN1C(=O)c1ccc(Cl)c(Cl)c1. The summed E-state index contributed by atoms with van der Waals surface area (Å²) in [5, 5.41) is 9.95. The largest absolute Gasteiger partial charge is 0.480 e. The van der Waals surface area contributed by atoms with Gasteiger partial charge >= 0.3 is 5.97 Å². The first-order chi connectivity index (χ1) is 9.50. The van der Waals surface area contributed by atoms with E-state index in [1.807, 2.05) is 0 Å². The predicted molar refractivity (Wildman–Crippen MR) is 77.4 cm³/mol. The minimum absolute atomic E-state index is 0.291. The van der Waals surface area contributed by atoms with Crippen molar-refractivity contribution in [2.24, 2.45) is 0 Å². The van der Waals surface area contributed by atoms with Crippen LogP contribution in [0.1, 0.15) is 36.0 Å². The van der Waals surface area contributed by atoms with Crippen molar-refractivity contribution in [1.82, 2.24) is 4.90 Å². The Kier molecular flexibility index (Phi) is 4.89. The van der Waals surface area contributed by atoms with Crippen molar-refractivity contribution in [2.75, 3.05) is 6.54 Å². The van der Waals surface area contributed by atoms with Gasteiger partial charge in [-0.05, 0) is 31.0 Å². The quantitative estimate of drug-likeness (QED) is 0.909. The summed E-state index contributed by atoms with van der Waals surface area (Å²) in [7, 11) is 0. The number of carbonyl (C=O) groups excluding carboxylic acids is 1. The fourth-order valence-corrected chi connectivity index (χ4v) is 2.70. The maximum atomic E-state index is 12.5.